The van der Waals surface area contributed by atoms with Crippen molar-refractivity contribution < 1.29 is 9.47 Å². The highest BCUT2D eigenvalue weighted by Gasteiger charge is 2.02. The van der Waals surface area contributed by atoms with Crippen molar-refractivity contribution in [3.8, 4) is 11.5 Å². The zero-order chi connectivity index (χ0) is 20.6. The Morgan fingerprint density at radius 3 is 2.31 bits per heavy atom. The van der Waals surface area contributed by atoms with Crippen LogP contribution in [0.4, 0.5) is 11.4 Å². The highest BCUT2D eigenvalue weighted by molar-refractivity contribution is 5.56. The number of hydrogen-bond donors (Lipinski definition) is 2. The molecular weight excluding hydrogens is 360 g/mol. The number of nitrogens with one attached hydrogen (secondary N) is 2. The Balaban J connectivity index is 1.69. The van der Waals surface area contributed by atoms with Gasteiger partial charge < -0.3 is 20.1 Å². The Morgan fingerprint density at radius 1 is 0.690 bits per heavy atom. The van der Waals surface area contributed by atoms with Crippen LogP contribution in [0.25, 0.3) is 0 Å². The Hall–Kier alpha value is -2.36. The molecule has 0 aliphatic carbocycles. The predicted molar refractivity (Wildman–Crippen MR) is 125 cm³/mol. The number of anilines is 2. The summed E-state index contributed by atoms with van der Waals surface area (Å²) in [4.78, 5) is 0. The molecule has 0 aliphatic rings. The Kier molecular flexibility index (Phi) is 11.6. The lowest BCUT2D eigenvalue weighted by atomic mass is 10.2. The van der Waals surface area contributed by atoms with E-state index in [1.54, 1.807) is 0 Å². The van der Waals surface area contributed by atoms with E-state index < -0.39 is 0 Å². The number of unbranched alkanes of at least 4 members (excludes halogenated alkanes) is 5. The zero-order valence-electron chi connectivity index (χ0n) is 18.2. The van der Waals surface area contributed by atoms with Crippen LogP contribution < -0.4 is 20.1 Å². The summed E-state index contributed by atoms with van der Waals surface area (Å²) in [5, 5.41) is 6.93. The third-order valence-corrected chi connectivity index (χ3v) is 4.76. The lowest BCUT2D eigenvalue weighted by Gasteiger charge is -2.14. The first-order chi connectivity index (χ1) is 14.3. The SMILES string of the molecule is CCCCCCCOc1cccc(NCCNc2ccccc2OCCCC)c1. The van der Waals surface area contributed by atoms with Crippen molar-refractivity contribution in [3.63, 3.8) is 0 Å². The molecule has 0 aromatic heterocycles. The maximum absolute atomic E-state index is 5.89. The molecule has 29 heavy (non-hydrogen) atoms. The number of ether oxygens (including phenoxy) is 2. The maximum Gasteiger partial charge on any atom is 0.142 e. The van der Waals surface area contributed by atoms with Crippen molar-refractivity contribution in [2.24, 2.45) is 0 Å². The molecule has 2 aromatic rings. The van der Waals surface area contributed by atoms with Crippen LogP contribution in [0.5, 0.6) is 11.5 Å². The third kappa shape index (κ3) is 9.60. The summed E-state index contributed by atoms with van der Waals surface area (Å²) >= 11 is 0. The molecule has 2 rings (SSSR count). The molecule has 4 heteroatoms. The van der Waals surface area contributed by atoms with Gasteiger partial charge in [0.1, 0.15) is 11.5 Å². The molecule has 0 saturated heterocycles. The highest BCUT2D eigenvalue weighted by Crippen LogP contribution is 2.24. The van der Waals surface area contributed by atoms with E-state index in [0.29, 0.717) is 0 Å². The molecule has 2 N–H and O–H groups in total. The Labute approximate surface area is 177 Å². The predicted octanol–water partition coefficient (Wildman–Crippen LogP) is 6.74. The van der Waals surface area contributed by atoms with Gasteiger partial charge in [-0.25, -0.2) is 0 Å². The lowest BCUT2D eigenvalue weighted by molar-refractivity contribution is 0.304. The molecule has 4 nitrogen and oxygen atoms in total. The largest absolute Gasteiger partial charge is 0.494 e. The first kappa shape index (κ1) is 22.9. The average molecular weight is 399 g/mol. The minimum Gasteiger partial charge on any atom is -0.494 e. The average Bonchev–Trinajstić information content (AvgIpc) is 2.75. The summed E-state index contributed by atoms with van der Waals surface area (Å²) in [5.41, 5.74) is 2.13. The molecule has 0 aliphatic heterocycles. The van der Waals surface area contributed by atoms with Gasteiger partial charge in [0, 0.05) is 24.8 Å². The van der Waals surface area contributed by atoms with Crippen LogP contribution in [0.3, 0.4) is 0 Å². The van der Waals surface area contributed by atoms with Crippen LogP contribution in [0.2, 0.25) is 0 Å². The van der Waals surface area contributed by atoms with E-state index in [4.69, 9.17) is 9.47 Å². The van der Waals surface area contributed by atoms with Crippen LogP contribution in [-0.2, 0) is 0 Å². The van der Waals surface area contributed by atoms with Gasteiger partial charge in [-0.05, 0) is 37.1 Å². The zero-order valence-corrected chi connectivity index (χ0v) is 18.2. The maximum atomic E-state index is 5.89. The highest BCUT2D eigenvalue weighted by atomic mass is 16.5. The second-order valence-corrected chi connectivity index (χ2v) is 7.34. The smallest absolute Gasteiger partial charge is 0.142 e. The second-order valence-electron chi connectivity index (χ2n) is 7.34. The molecule has 0 spiro atoms. The number of rotatable bonds is 16. The van der Waals surface area contributed by atoms with Crippen LogP contribution in [0.1, 0.15) is 58.8 Å². The van der Waals surface area contributed by atoms with Crippen LogP contribution in [0.15, 0.2) is 48.5 Å². The molecule has 160 valence electrons. The monoisotopic (exact) mass is 398 g/mol. The van der Waals surface area contributed by atoms with E-state index >= 15 is 0 Å². The van der Waals surface area contributed by atoms with E-state index in [1.807, 2.05) is 30.3 Å². The molecule has 0 amide bonds. The third-order valence-electron chi connectivity index (χ3n) is 4.76. The topological polar surface area (TPSA) is 42.5 Å². The summed E-state index contributed by atoms with van der Waals surface area (Å²) in [6, 6.07) is 16.4. The quantitative estimate of drug-likeness (QED) is 0.307. The second kappa shape index (κ2) is 14.6. The fourth-order valence-electron chi connectivity index (χ4n) is 3.06. The molecular formula is C25H38N2O2. The lowest BCUT2D eigenvalue weighted by Crippen LogP contribution is -2.14. The van der Waals surface area contributed by atoms with Crippen molar-refractivity contribution in [2.75, 3.05) is 36.9 Å². The fourth-order valence-corrected chi connectivity index (χ4v) is 3.06. The van der Waals surface area contributed by atoms with Gasteiger partial charge in [-0.15, -0.1) is 0 Å². The van der Waals surface area contributed by atoms with Crippen LogP contribution in [-0.4, -0.2) is 26.3 Å². The standard InChI is InChI=1S/C25H38N2O2/c1-3-5-7-8-11-20-28-23-14-12-13-22(21-23)26-17-18-27-24-15-9-10-16-25(24)29-19-6-4-2/h9-10,12-16,21,26-27H,3-8,11,17-20H2,1-2H3. The van der Waals surface area contributed by atoms with Gasteiger partial charge in [0.15, 0.2) is 0 Å². The first-order valence-electron chi connectivity index (χ1n) is 11.3. The molecule has 0 saturated carbocycles. The minimum atomic E-state index is 0.763. The molecule has 0 bridgehead atoms. The summed E-state index contributed by atoms with van der Waals surface area (Å²) < 4.78 is 11.8. The van der Waals surface area contributed by atoms with Gasteiger partial charge >= 0.3 is 0 Å². The van der Waals surface area contributed by atoms with Crippen molar-refractivity contribution in [3.05, 3.63) is 48.5 Å². The Morgan fingerprint density at radius 2 is 1.45 bits per heavy atom. The molecule has 0 atom stereocenters. The Bertz CT molecular complexity index is 675. The molecule has 0 radical (unpaired) electrons. The normalized spacial score (nSPS) is 10.6. The summed E-state index contributed by atoms with van der Waals surface area (Å²) in [5.74, 6) is 1.86. The molecule has 0 unspecified atom stereocenters. The van der Waals surface area contributed by atoms with Gasteiger partial charge in [0.05, 0.1) is 18.9 Å². The van der Waals surface area contributed by atoms with Crippen molar-refractivity contribution in [1.82, 2.24) is 0 Å². The minimum absolute atomic E-state index is 0.763. The number of benzene rings is 2. The molecule has 0 heterocycles. The van der Waals surface area contributed by atoms with E-state index in [1.165, 1.54) is 25.7 Å². The van der Waals surface area contributed by atoms with E-state index in [2.05, 4.69) is 42.7 Å². The molecule has 2 aromatic carbocycles. The summed E-state index contributed by atoms with van der Waals surface area (Å²) in [7, 11) is 0. The number of para-hydroxylation sites is 2. The fraction of sp³-hybridized carbons (Fsp3) is 0.520. The van der Waals surface area contributed by atoms with Gasteiger partial charge in [-0.2, -0.15) is 0 Å². The van der Waals surface area contributed by atoms with Crippen molar-refractivity contribution >= 4 is 11.4 Å². The molecule has 0 fully saturated rings. The van der Waals surface area contributed by atoms with Gasteiger partial charge in [0.25, 0.3) is 0 Å². The van der Waals surface area contributed by atoms with E-state index in [-0.39, 0.29) is 0 Å². The van der Waals surface area contributed by atoms with Crippen LogP contribution in [0, 0.1) is 0 Å². The van der Waals surface area contributed by atoms with E-state index in [0.717, 1.165) is 68.4 Å². The van der Waals surface area contributed by atoms with Crippen LogP contribution >= 0.6 is 0 Å². The van der Waals surface area contributed by atoms with Gasteiger partial charge in [-0.1, -0.05) is 64.2 Å². The summed E-state index contributed by atoms with van der Waals surface area (Å²) in [6.07, 6.45) is 8.50. The first-order valence-corrected chi connectivity index (χ1v) is 11.3. The van der Waals surface area contributed by atoms with Gasteiger partial charge in [0.2, 0.25) is 0 Å². The van der Waals surface area contributed by atoms with Gasteiger partial charge in [-0.3, -0.25) is 0 Å². The van der Waals surface area contributed by atoms with Crippen molar-refractivity contribution in [2.45, 2.75) is 58.8 Å². The van der Waals surface area contributed by atoms with Crippen molar-refractivity contribution in [1.29, 1.82) is 0 Å². The number of hydrogen-bond acceptors (Lipinski definition) is 4. The van der Waals surface area contributed by atoms with E-state index in [9.17, 15) is 0 Å². The summed E-state index contributed by atoms with van der Waals surface area (Å²) in [6.45, 7) is 7.61.